The Balaban J connectivity index is 2.01. The van der Waals surface area contributed by atoms with E-state index in [0.717, 1.165) is 12.1 Å². The largest absolute Gasteiger partial charge is 0.496 e. The van der Waals surface area contributed by atoms with Gasteiger partial charge in [-0.25, -0.2) is 0 Å². The highest BCUT2D eigenvalue weighted by molar-refractivity contribution is 5.96. The van der Waals surface area contributed by atoms with Crippen LogP contribution in [0.25, 0.3) is 0 Å². The van der Waals surface area contributed by atoms with Crippen LogP contribution in [0.5, 0.6) is 5.75 Å². The van der Waals surface area contributed by atoms with Crippen LogP contribution in [0.15, 0.2) is 36.7 Å². The lowest BCUT2D eigenvalue weighted by molar-refractivity contribution is 0.0948. The van der Waals surface area contributed by atoms with Crippen molar-refractivity contribution < 1.29 is 9.53 Å². The molecular weight excluding hydrogens is 242 g/mol. The number of hydrogen-bond donors (Lipinski definition) is 1. The molecule has 2 rings (SSSR count). The van der Waals surface area contributed by atoms with Crippen molar-refractivity contribution in [1.29, 1.82) is 0 Å². The summed E-state index contributed by atoms with van der Waals surface area (Å²) in [6, 6.07) is 7.15. The molecule has 0 fully saturated rings. The topological polar surface area (TPSA) is 56.2 Å². The van der Waals surface area contributed by atoms with E-state index >= 15 is 0 Å². The van der Waals surface area contributed by atoms with Crippen LogP contribution in [0.2, 0.25) is 0 Å². The van der Waals surface area contributed by atoms with Crippen molar-refractivity contribution in [2.75, 3.05) is 7.11 Å². The zero-order valence-corrected chi connectivity index (χ0v) is 11.1. The Bertz CT molecular complexity index is 563. The Kier molecular flexibility index (Phi) is 4.18. The number of carbonyl (C=O) groups is 1. The third-order valence-electron chi connectivity index (χ3n) is 2.82. The minimum Gasteiger partial charge on any atom is -0.496 e. The SMILES string of the molecule is CCn1cc(CNC(=O)c2ccccc2OC)cn1. The second kappa shape index (κ2) is 6.04. The van der Waals surface area contributed by atoms with Crippen molar-refractivity contribution in [3.05, 3.63) is 47.8 Å². The van der Waals surface area contributed by atoms with E-state index in [-0.39, 0.29) is 5.91 Å². The molecule has 1 aromatic heterocycles. The summed E-state index contributed by atoms with van der Waals surface area (Å²) in [6.07, 6.45) is 3.68. The number of methoxy groups -OCH3 is 1. The Morgan fingerprint density at radius 1 is 1.42 bits per heavy atom. The average Bonchev–Trinajstić information content (AvgIpc) is 2.92. The molecule has 1 amide bonds. The van der Waals surface area contributed by atoms with Crippen LogP contribution in [0, 0.1) is 0 Å². The molecule has 1 aromatic carbocycles. The van der Waals surface area contributed by atoms with Gasteiger partial charge in [0.25, 0.3) is 5.91 Å². The van der Waals surface area contributed by atoms with E-state index in [1.165, 1.54) is 0 Å². The molecule has 0 saturated heterocycles. The van der Waals surface area contributed by atoms with Crippen LogP contribution in [-0.4, -0.2) is 22.8 Å². The van der Waals surface area contributed by atoms with Crippen LogP contribution in [-0.2, 0) is 13.1 Å². The van der Waals surface area contributed by atoms with Crippen LogP contribution in [0.3, 0.4) is 0 Å². The zero-order chi connectivity index (χ0) is 13.7. The van der Waals surface area contributed by atoms with E-state index in [1.807, 2.05) is 29.9 Å². The Morgan fingerprint density at radius 2 is 2.21 bits per heavy atom. The van der Waals surface area contributed by atoms with Crippen molar-refractivity contribution in [3.8, 4) is 5.75 Å². The highest BCUT2D eigenvalue weighted by Crippen LogP contribution is 2.16. The maximum Gasteiger partial charge on any atom is 0.255 e. The van der Waals surface area contributed by atoms with Gasteiger partial charge in [-0.2, -0.15) is 5.10 Å². The molecule has 2 aromatic rings. The van der Waals surface area contributed by atoms with Gasteiger partial charge in [-0.3, -0.25) is 9.48 Å². The predicted molar refractivity (Wildman–Crippen MR) is 72.1 cm³/mol. The second-order valence-electron chi connectivity index (χ2n) is 4.09. The molecule has 0 radical (unpaired) electrons. The van der Waals surface area contributed by atoms with Crippen molar-refractivity contribution in [2.24, 2.45) is 0 Å². The van der Waals surface area contributed by atoms with Crippen molar-refractivity contribution in [2.45, 2.75) is 20.0 Å². The summed E-state index contributed by atoms with van der Waals surface area (Å²) in [7, 11) is 1.55. The van der Waals surface area contributed by atoms with Gasteiger partial charge in [-0.05, 0) is 19.1 Å². The molecule has 0 aliphatic heterocycles. The number of ether oxygens (including phenoxy) is 1. The maximum atomic E-state index is 12.1. The van der Waals surface area contributed by atoms with Gasteiger partial charge in [-0.1, -0.05) is 12.1 Å². The molecule has 5 heteroatoms. The highest BCUT2D eigenvalue weighted by atomic mass is 16.5. The molecule has 0 saturated carbocycles. The molecule has 0 aliphatic carbocycles. The van der Waals surface area contributed by atoms with E-state index in [1.54, 1.807) is 25.4 Å². The normalized spacial score (nSPS) is 10.2. The number of benzene rings is 1. The number of rotatable bonds is 5. The number of amides is 1. The molecule has 0 bridgehead atoms. The minimum absolute atomic E-state index is 0.151. The lowest BCUT2D eigenvalue weighted by Crippen LogP contribution is -2.23. The van der Waals surface area contributed by atoms with Crippen LogP contribution in [0.1, 0.15) is 22.8 Å². The first-order chi connectivity index (χ1) is 9.24. The fourth-order valence-electron chi connectivity index (χ4n) is 1.78. The fraction of sp³-hybridized carbons (Fsp3) is 0.286. The van der Waals surface area contributed by atoms with E-state index in [0.29, 0.717) is 17.9 Å². The lowest BCUT2D eigenvalue weighted by atomic mass is 10.2. The van der Waals surface area contributed by atoms with Gasteiger partial charge < -0.3 is 10.1 Å². The molecular formula is C14H17N3O2. The van der Waals surface area contributed by atoms with Crippen molar-refractivity contribution in [3.63, 3.8) is 0 Å². The number of hydrogen-bond acceptors (Lipinski definition) is 3. The van der Waals surface area contributed by atoms with E-state index in [2.05, 4.69) is 10.4 Å². The molecule has 0 aliphatic rings. The molecule has 5 nitrogen and oxygen atoms in total. The maximum absolute atomic E-state index is 12.1. The first-order valence-electron chi connectivity index (χ1n) is 6.17. The summed E-state index contributed by atoms with van der Waals surface area (Å²) in [5.41, 5.74) is 1.51. The van der Waals surface area contributed by atoms with Crippen LogP contribution >= 0.6 is 0 Å². The monoisotopic (exact) mass is 259 g/mol. The Morgan fingerprint density at radius 3 is 2.89 bits per heavy atom. The number of nitrogens with zero attached hydrogens (tertiary/aromatic N) is 2. The molecule has 100 valence electrons. The average molecular weight is 259 g/mol. The number of nitrogens with one attached hydrogen (secondary N) is 1. The lowest BCUT2D eigenvalue weighted by Gasteiger charge is -2.08. The summed E-state index contributed by atoms with van der Waals surface area (Å²) >= 11 is 0. The van der Waals surface area contributed by atoms with Gasteiger partial charge in [0.05, 0.1) is 18.9 Å². The van der Waals surface area contributed by atoms with Gasteiger partial charge in [0.2, 0.25) is 0 Å². The van der Waals surface area contributed by atoms with Crippen molar-refractivity contribution >= 4 is 5.91 Å². The fourth-order valence-corrected chi connectivity index (χ4v) is 1.78. The highest BCUT2D eigenvalue weighted by Gasteiger charge is 2.11. The van der Waals surface area contributed by atoms with Gasteiger partial charge in [0.15, 0.2) is 0 Å². The molecule has 19 heavy (non-hydrogen) atoms. The standard InChI is InChI=1S/C14H17N3O2/c1-3-17-10-11(9-16-17)8-15-14(18)12-6-4-5-7-13(12)19-2/h4-7,9-10H,3,8H2,1-2H3,(H,15,18). The number of carbonyl (C=O) groups excluding carboxylic acids is 1. The molecule has 1 heterocycles. The van der Waals surface area contributed by atoms with E-state index in [4.69, 9.17) is 4.74 Å². The Labute approximate surface area is 112 Å². The Hall–Kier alpha value is -2.30. The summed E-state index contributed by atoms with van der Waals surface area (Å²) in [4.78, 5) is 12.1. The first-order valence-corrected chi connectivity index (χ1v) is 6.17. The van der Waals surface area contributed by atoms with Crippen molar-refractivity contribution in [1.82, 2.24) is 15.1 Å². The van der Waals surface area contributed by atoms with Gasteiger partial charge in [0.1, 0.15) is 5.75 Å². The van der Waals surface area contributed by atoms with E-state index in [9.17, 15) is 4.79 Å². The van der Waals surface area contributed by atoms with Crippen LogP contribution < -0.4 is 10.1 Å². The molecule has 1 N–H and O–H groups in total. The quantitative estimate of drug-likeness (QED) is 0.891. The van der Waals surface area contributed by atoms with Gasteiger partial charge >= 0.3 is 0 Å². The zero-order valence-electron chi connectivity index (χ0n) is 11.1. The number of aryl methyl sites for hydroxylation is 1. The molecule has 0 atom stereocenters. The second-order valence-corrected chi connectivity index (χ2v) is 4.09. The van der Waals surface area contributed by atoms with E-state index < -0.39 is 0 Å². The third-order valence-corrected chi connectivity index (χ3v) is 2.82. The van der Waals surface area contributed by atoms with Gasteiger partial charge in [0, 0.05) is 24.8 Å². The molecule has 0 spiro atoms. The summed E-state index contributed by atoms with van der Waals surface area (Å²) < 4.78 is 6.99. The summed E-state index contributed by atoms with van der Waals surface area (Å²) in [5.74, 6) is 0.422. The first kappa shape index (κ1) is 13.1. The predicted octanol–water partition coefficient (Wildman–Crippen LogP) is 1.84. The number of para-hydroxylation sites is 1. The summed E-state index contributed by atoms with van der Waals surface area (Å²) in [5, 5.41) is 7.01. The number of aromatic nitrogens is 2. The third kappa shape index (κ3) is 3.13. The summed E-state index contributed by atoms with van der Waals surface area (Å²) in [6.45, 7) is 3.29. The van der Waals surface area contributed by atoms with Gasteiger partial charge in [-0.15, -0.1) is 0 Å². The molecule has 0 unspecified atom stereocenters. The minimum atomic E-state index is -0.151. The smallest absolute Gasteiger partial charge is 0.255 e. The van der Waals surface area contributed by atoms with Crippen LogP contribution in [0.4, 0.5) is 0 Å².